The summed E-state index contributed by atoms with van der Waals surface area (Å²) < 4.78 is 0. The molecule has 0 aliphatic heterocycles. The van der Waals surface area contributed by atoms with E-state index >= 15 is 0 Å². The van der Waals surface area contributed by atoms with Gasteiger partial charge in [0.25, 0.3) is 0 Å². The molecule has 1 nitrogen and oxygen atoms in total. The van der Waals surface area contributed by atoms with E-state index < -0.39 is 0 Å². The Bertz CT molecular complexity index is 186. The Labute approximate surface area is 69.3 Å². The zero-order valence-corrected chi connectivity index (χ0v) is 6.66. The first kappa shape index (κ1) is 8.31. The van der Waals surface area contributed by atoms with Crippen LogP contribution in [0.25, 0.3) is 0 Å². The summed E-state index contributed by atoms with van der Waals surface area (Å²) in [7, 11) is 5.38. The van der Waals surface area contributed by atoms with Gasteiger partial charge in [0.15, 0.2) is 0 Å². The Morgan fingerprint density at radius 2 is 1.91 bits per heavy atom. The van der Waals surface area contributed by atoms with Crippen LogP contribution in [0, 0.1) is 0 Å². The van der Waals surface area contributed by atoms with Crippen LogP contribution in [-0.2, 0) is 6.42 Å². The van der Waals surface area contributed by atoms with E-state index in [0.717, 1.165) is 19.2 Å². The minimum absolute atomic E-state index is 0.797. The number of rotatable bonds is 4. The molecule has 1 rings (SSSR count). The highest BCUT2D eigenvalue weighted by Crippen LogP contribution is 2.03. The molecule has 0 atom stereocenters. The molecular weight excluding hydrogens is 133 g/mol. The minimum atomic E-state index is 0.797. The van der Waals surface area contributed by atoms with Crippen molar-refractivity contribution in [1.82, 2.24) is 4.98 Å². The monoisotopic (exact) mass is 145 g/mol. The van der Waals surface area contributed by atoms with Gasteiger partial charge in [-0.15, -0.1) is 0 Å². The fourth-order valence-electron chi connectivity index (χ4n) is 1.02. The summed E-state index contributed by atoms with van der Waals surface area (Å²) in [5.41, 5.74) is 1.36. The molecule has 0 aliphatic rings. The predicted molar refractivity (Wildman–Crippen MR) is 47.7 cm³/mol. The van der Waals surface area contributed by atoms with Gasteiger partial charge in [-0.25, -0.2) is 0 Å². The number of nitrogens with zero attached hydrogens (tertiary/aromatic N) is 1. The molecule has 1 aromatic rings. The molecule has 0 fully saturated rings. The average molecular weight is 145 g/mol. The van der Waals surface area contributed by atoms with Crippen LogP contribution in [0.15, 0.2) is 24.5 Å². The van der Waals surface area contributed by atoms with Gasteiger partial charge in [0, 0.05) is 12.4 Å². The summed E-state index contributed by atoms with van der Waals surface area (Å²) in [5, 5.41) is 0. The molecule has 11 heavy (non-hydrogen) atoms. The topological polar surface area (TPSA) is 12.9 Å². The first-order valence-electron chi connectivity index (χ1n) is 4.02. The highest BCUT2D eigenvalue weighted by Gasteiger charge is 1.89. The summed E-state index contributed by atoms with van der Waals surface area (Å²) >= 11 is 0. The van der Waals surface area contributed by atoms with Crippen molar-refractivity contribution in [1.29, 1.82) is 0 Å². The van der Waals surface area contributed by atoms with Gasteiger partial charge in [-0.2, -0.15) is 0 Å². The minimum Gasteiger partial charge on any atom is -0.265 e. The molecule has 0 saturated carbocycles. The van der Waals surface area contributed by atoms with Gasteiger partial charge in [-0.3, -0.25) is 4.98 Å². The average Bonchev–Trinajstić information content (AvgIpc) is 2.07. The smallest absolute Gasteiger partial charge is 0.0653 e. The van der Waals surface area contributed by atoms with Gasteiger partial charge in [0.2, 0.25) is 0 Å². The molecule has 0 bridgehead atoms. The maximum absolute atomic E-state index is 5.38. The Balaban J connectivity index is 2.28. The van der Waals surface area contributed by atoms with E-state index in [0.29, 0.717) is 0 Å². The molecule has 2 radical (unpaired) electrons. The molecule has 0 aliphatic carbocycles. The van der Waals surface area contributed by atoms with E-state index in [1.54, 1.807) is 0 Å². The highest BCUT2D eigenvalue weighted by molar-refractivity contribution is 6.08. The Kier molecular flexibility index (Phi) is 3.74. The van der Waals surface area contributed by atoms with Crippen molar-refractivity contribution < 1.29 is 0 Å². The third-order valence-electron chi connectivity index (χ3n) is 1.67. The molecule has 0 amide bonds. The third kappa shape index (κ3) is 3.21. The molecule has 0 aromatic carbocycles. The van der Waals surface area contributed by atoms with Gasteiger partial charge in [-0.1, -0.05) is 12.7 Å². The second-order valence-electron chi connectivity index (χ2n) is 2.60. The SMILES string of the molecule is [B]CCCCc1ccncc1. The Morgan fingerprint density at radius 3 is 2.55 bits per heavy atom. The summed E-state index contributed by atoms with van der Waals surface area (Å²) in [6.45, 7) is 0. The van der Waals surface area contributed by atoms with E-state index in [9.17, 15) is 0 Å². The number of hydrogen-bond acceptors (Lipinski definition) is 1. The second-order valence-corrected chi connectivity index (χ2v) is 2.60. The number of hydrogen-bond donors (Lipinski definition) is 0. The van der Waals surface area contributed by atoms with Crippen molar-refractivity contribution in [2.24, 2.45) is 0 Å². The van der Waals surface area contributed by atoms with Crippen molar-refractivity contribution in [3.05, 3.63) is 30.1 Å². The lowest BCUT2D eigenvalue weighted by Crippen LogP contribution is -1.85. The van der Waals surface area contributed by atoms with Gasteiger partial charge in [-0.05, 0) is 30.5 Å². The molecule has 0 saturated heterocycles. The summed E-state index contributed by atoms with van der Waals surface area (Å²) in [6, 6.07) is 4.10. The lowest BCUT2D eigenvalue weighted by atomic mass is 9.98. The molecule has 0 spiro atoms. The van der Waals surface area contributed by atoms with Crippen molar-refractivity contribution in [2.75, 3.05) is 0 Å². The van der Waals surface area contributed by atoms with Crippen molar-refractivity contribution >= 4 is 7.85 Å². The van der Waals surface area contributed by atoms with E-state index in [4.69, 9.17) is 7.85 Å². The molecule has 2 heteroatoms. The predicted octanol–water partition coefficient (Wildman–Crippen LogP) is 1.99. The summed E-state index contributed by atoms with van der Waals surface area (Å²) in [6.07, 6.45) is 7.88. The van der Waals surface area contributed by atoms with Crippen LogP contribution in [-0.4, -0.2) is 12.8 Å². The fourth-order valence-corrected chi connectivity index (χ4v) is 1.02. The van der Waals surface area contributed by atoms with Crippen LogP contribution in [0.5, 0.6) is 0 Å². The molecule has 0 unspecified atom stereocenters. The normalized spacial score (nSPS) is 9.82. The van der Waals surface area contributed by atoms with Gasteiger partial charge in [0.1, 0.15) is 0 Å². The quantitative estimate of drug-likeness (QED) is 0.466. The standard InChI is InChI=1S/C9H12BN/c10-6-2-1-3-9-4-7-11-8-5-9/h4-5,7-8H,1-3,6H2. The highest BCUT2D eigenvalue weighted by atomic mass is 14.6. The summed E-state index contributed by atoms with van der Waals surface area (Å²) in [5.74, 6) is 0. The van der Waals surface area contributed by atoms with E-state index in [-0.39, 0.29) is 0 Å². The first-order chi connectivity index (χ1) is 5.43. The van der Waals surface area contributed by atoms with Crippen molar-refractivity contribution in [3.8, 4) is 0 Å². The van der Waals surface area contributed by atoms with E-state index in [1.807, 2.05) is 12.4 Å². The molecule has 1 heterocycles. The van der Waals surface area contributed by atoms with Crippen LogP contribution >= 0.6 is 0 Å². The van der Waals surface area contributed by atoms with Crippen LogP contribution in [0.4, 0.5) is 0 Å². The van der Waals surface area contributed by atoms with Crippen molar-refractivity contribution in [2.45, 2.75) is 25.6 Å². The summed E-state index contributed by atoms with van der Waals surface area (Å²) in [4.78, 5) is 3.95. The van der Waals surface area contributed by atoms with Gasteiger partial charge >= 0.3 is 0 Å². The molecule has 0 N–H and O–H groups in total. The maximum Gasteiger partial charge on any atom is 0.0653 e. The Hall–Kier alpha value is -0.785. The van der Waals surface area contributed by atoms with Crippen LogP contribution in [0.3, 0.4) is 0 Å². The molecular formula is C9H12BN. The zero-order valence-electron chi connectivity index (χ0n) is 6.66. The number of aromatic nitrogens is 1. The first-order valence-corrected chi connectivity index (χ1v) is 4.02. The Morgan fingerprint density at radius 1 is 1.18 bits per heavy atom. The second kappa shape index (κ2) is 4.94. The largest absolute Gasteiger partial charge is 0.265 e. The lowest BCUT2D eigenvalue weighted by Gasteiger charge is -1.97. The number of pyridine rings is 1. The van der Waals surface area contributed by atoms with Gasteiger partial charge < -0.3 is 0 Å². The lowest BCUT2D eigenvalue weighted by molar-refractivity contribution is 0.793. The van der Waals surface area contributed by atoms with E-state index in [2.05, 4.69) is 17.1 Å². The number of unbranched alkanes of at least 4 members (excludes halogenated alkanes) is 1. The number of aryl methyl sites for hydroxylation is 1. The van der Waals surface area contributed by atoms with Gasteiger partial charge in [0.05, 0.1) is 7.85 Å². The van der Waals surface area contributed by atoms with Crippen LogP contribution in [0.2, 0.25) is 6.32 Å². The maximum atomic E-state index is 5.38. The van der Waals surface area contributed by atoms with Crippen LogP contribution in [0.1, 0.15) is 18.4 Å². The van der Waals surface area contributed by atoms with Crippen LogP contribution < -0.4 is 0 Å². The van der Waals surface area contributed by atoms with E-state index in [1.165, 1.54) is 12.0 Å². The fraction of sp³-hybridized carbons (Fsp3) is 0.444. The molecule has 56 valence electrons. The zero-order chi connectivity index (χ0) is 7.94. The molecule has 1 aromatic heterocycles. The third-order valence-corrected chi connectivity index (χ3v) is 1.67. The van der Waals surface area contributed by atoms with Crippen molar-refractivity contribution in [3.63, 3.8) is 0 Å².